The lowest BCUT2D eigenvalue weighted by Crippen LogP contribution is -2.38. The van der Waals surface area contributed by atoms with Crippen molar-refractivity contribution in [2.75, 3.05) is 22.8 Å². The number of nitrogens with one attached hydrogen (secondary N) is 1. The molecule has 1 N–H and O–H groups in total. The Labute approximate surface area is 203 Å². The van der Waals surface area contributed by atoms with E-state index in [0.717, 1.165) is 9.82 Å². The molecule has 4 rings (SSSR count). The zero-order chi connectivity index (χ0) is 25.2. The van der Waals surface area contributed by atoms with Crippen molar-refractivity contribution in [3.8, 4) is 5.75 Å². The fourth-order valence-corrected chi connectivity index (χ4v) is 5.33. The first-order valence-corrected chi connectivity index (χ1v) is 12.4. The molecule has 182 valence electrons. The number of hydrogen-bond acceptors (Lipinski definition) is 5. The summed E-state index contributed by atoms with van der Waals surface area (Å²) in [7, 11) is -0.763. The molecule has 0 atom stereocenters. The second kappa shape index (κ2) is 9.67. The minimum atomic E-state index is -4.08. The number of nitrogens with zero attached hydrogens (tertiary/aromatic N) is 3. The predicted molar refractivity (Wildman–Crippen MR) is 135 cm³/mol. The number of carbonyl (C=O) groups excluding carboxylic acids is 1. The number of amides is 1. The Hall–Kier alpha value is -4.05. The smallest absolute Gasteiger partial charge is 0.328 e. The lowest BCUT2D eigenvalue weighted by Gasteiger charge is -2.26. The summed E-state index contributed by atoms with van der Waals surface area (Å²) in [6, 6.07) is 19.7. The minimum Gasteiger partial charge on any atom is -0.492 e. The molecule has 0 fully saturated rings. The van der Waals surface area contributed by atoms with E-state index in [2.05, 4.69) is 5.32 Å². The highest BCUT2D eigenvalue weighted by molar-refractivity contribution is 7.92. The van der Waals surface area contributed by atoms with E-state index in [1.165, 1.54) is 21.3 Å². The van der Waals surface area contributed by atoms with Crippen molar-refractivity contribution >= 4 is 38.3 Å². The third-order valence-electron chi connectivity index (χ3n) is 5.61. The SMILES string of the molecule is CCOc1ccccc1N(CC(=O)Nc1ccc2c(c1)n(C)c(=O)n2C)S(=O)(=O)c1ccccc1. The number of aryl methyl sites for hydroxylation is 2. The molecule has 0 aliphatic carbocycles. The Balaban J connectivity index is 1.70. The van der Waals surface area contributed by atoms with Crippen LogP contribution in [-0.2, 0) is 28.9 Å². The van der Waals surface area contributed by atoms with Gasteiger partial charge in [0.25, 0.3) is 10.0 Å². The van der Waals surface area contributed by atoms with E-state index < -0.39 is 22.5 Å². The highest BCUT2D eigenvalue weighted by Gasteiger charge is 2.29. The van der Waals surface area contributed by atoms with E-state index in [1.807, 2.05) is 0 Å². The van der Waals surface area contributed by atoms with Crippen LogP contribution in [0.5, 0.6) is 5.75 Å². The van der Waals surface area contributed by atoms with Crippen LogP contribution in [0.15, 0.2) is 82.5 Å². The van der Waals surface area contributed by atoms with Gasteiger partial charge < -0.3 is 10.1 Å². The number of hydrogen-bond donors (Lipinski definition) is 1. The van der Waals surface area contributed by atoms with E-state index >= 15 is 0 Å². The number of sulfonamides is 1. The van der Waals surface area contributed by atoms with Crippen LogP contribution in [0.25, 0.3) is 11.0 Å². The van der Waals surface area contributed by atoms with Crippen LogP contribution in [0.3, 0.4) is 0 Å². The lowest BCUT2D eigenvalue weighted by atomic mass is 10.2. The van der Waals surface area contributed by atoms with Crippen LogP contribution in [0.1, 0.15) is 6.92 Å². The molecule has 10 heteroatoms. The molecule has 0 radical (unpaired) electrons. The average molecular weight is 495 g/mol. The average Bonchev–Trinajstić information content (AvgIpc) is 3.07. The number of carbonyl (C=O) groups is 1. The van der Waals surface area contributed by atoms with Crippen molar-refractivity contribution in [1.82, 2.24) is 9.13 Å². The molecule has 1 amide bonds. The second-order valence-electron chi connectivity index (χ2n) is 7.88. The van der Waals surface area contributed by atoms with Gasteiger partial charge in [-0.05, 0) is 49.4 Å². The number of ether oxygens (including phenoxy) is 1. The Morgan fingerprint density at radius 3 is 2.31 bits per heavy atom. The summed E-state index contributed by atoms with van der Waals surface area (Å²) in [5, 5.41) is 2.75. The molecule has 4 aromatic rings. The topological polar surface area (TPSA) is 103 Å². The summed E-state index contributed by atoms with van der Waals surface area (Å²) < 4.78 is 36.9. The maximum atomic E-state index is 13.6. The molecule has 1 heterocycles. The minimum absolute atomic E-state index is 0.0554. The summed E-state index contributed by atoms with van der Waals surface area (Å²) in [4.78, 5) is 25.4. The van der Waals surface area contributed by atoms with Gasteiger partial charge in [0, 0.05) is 19.8 Å². The number of fused-ring (bicyclic) bond motifs is 1. The van der Waals surface area contributed by atoms with Gasteiger partial charge in [0.2, 0.25) is 5.91 Å². The number of anilines is 2. The van der Waals surface area contributed by atoms with Gasteiger partial charge in [0.15, 0.2) is 0 Å². The first-order chi connectivity index (χ1) is 16.7. The standard InChI is InChI=1S/C25H26N4O5S/c1-4-34-23-13-9-8-12-21(23)29(35(32,33)19-10-6-5-7-11-19)17-24(30)26-18-14-15-20-22(16-18)28(3)25(31)27(20)2/h5-16H,4,17H2,1-3H3,(H,26,30). The van der Waals surface area contributed by atoms with Crippen molar-refractivity contribution in [1.29, 1.82) is 0 Å². The Bertz CT molecular complexity index is 1540. The van der Waals surface area contributed by atoms with Crippen molar-refractivity contribution in [3.05, 3.63) is 83.3 Å². The van der Waals surface area contributed by atoms with Crippen LogP contribution in [0, 0.1) is 0 Å². The van der Waals surface area contributed by atoms with Gasteiger partial charge in [-0.3, -0.25) is 18.2 Å². The Morgan fingerprint density at radius 2 is 1.60 bits per heavy atom. The zero-order valence-corrected chi connectivity index (χ0v) is 20.5. The fraction of sp³-hybridized carbons (Fsp3) is 0.200. The molecular weight excluding hydrogens is 468 g/mol. The molecule has 0 saturated heterocycles. The summed E-state index contributed by atoms with van der Waals surface area (Å²) in [5.41, 5.74) is 1.88. The molecule has 9 nitrogen and oxygen atoms in total. The van der Waals surface area contributed by atoms with Crippen molar-refractivity contribution in [2.24, 2.45) is 14.1 Å². The molecule has 0 aliphatic rings. The van der Waals surface area contributed by atoms with Crippen LogP contribution in [-0.4, -0.2) is 36.6 Å². The van der Waals surface area contributed by atoms with E-state index in [-0.39, 0.29) is 16.3 Å². The molecule has 1 aromatic heterocycles. The number of benzene rings is 3. The maximum absolute atomic E-state index is 13.6. The fourth-order valence-electron chi connectivity index (χ4n) is 3.88. The summed E-state index contributed by atoms with van der Waals surface area (Å²) >= 11 is 0. The molecule has 0 spiro atoms. The molecule has 0 saturated carbocycles. The molecule has 35 heavy (non-hydrogen) atoms. The largest absolute Gasteiger partial charge is 0.492 e. The first-order valence-electron chi connectivity index (χ1n) is 11.0. The van der Waals surface area contributed by atoms with E-state index in [0.29, 0.717) is 23.6 Å². The van der Waals surface area contributed by atoms with Crippen LogP contribution >= 0.6 is 0 Å². The van der Waals surface area contributed by atoms with Gasteiger partial charge in [0.05, 0.1) is 28.2 Å². The van der Waals surface area contributed by atoms with Gasteiger partial charge in [-0.1, -0.05) is 30.3 Å². The van der Waals surface area contributed by atoms with E-state index in [9.17, 15) is 18.0 Å². The molecule has 0 aliphatic heterocycles. The maximum Gasteiger partial charge on any atom is 0.328 e. The van der Waals surface area contributed by atoms with Gasteiger partial charge in [0.1, 0.15) is 12.3 Å². The second-order valence-corrected chi connectivity index (χ2v) is 9.74. The van der Waals surface area contributed by atoms with E-state index in [1.54, 1.807) is 81.7 Å². The molecule has 3 aromatic carbocycles. The number of aromatic nitrogens is 2. The predicted octanol–water partition coefficient (Wildman–Crippen LogP) is 3.11. The third kappa shape index (κ3) is 4.65. The highest BCUT2D eigenvalue weighted by atomic mass is 32.2. The summed E-state index contributed by atoms with van der Waals surface area (Å²) in [6.07, 6.45) is 0. The van der Waals surface area contributed by atoms with Crippen LogP contribution < -0.4 is 20.0 Å². The van der Waals surface area contributed by atoms with Crippen molar-refractivity contribution in [3.63, 3.8) is 0 Å². The molecule has 0 unspecified atom stereocenters. The lowest BCUT2D eigenvalue weighted by molar-refractivity contribution is -0.114. The van der Waals surface area contributed by atoms with Gasteiger partial charge in [-0.25, -0.2) is 13.2 Å². The van der Waals surface area contributed by atoms with E-state index in [4.69, 9.17) is 4.74 Å². The summed E-state index contributed by atoms with van der Waals surface area (Å²) in [6.45, 7) is 1.65. The first kappa shape index (κ1) is 24.1. The van der Waals surface area contributed by atoms with Gasteiger partial charge >= 0.3 is 5.69 Å². The van der Waals surface area contributed by atoms with Gasteiger partial charge in [-0.2, -0.15) is 0 Å². The Kier molecular flexibility index (Phi) is 6.65. The van der Waals surface area contributed by atoms with Gasteiger partial charge in [-0.15, -0.1) is 0 Å². The number of rotatable bonds is 8. The monoisotopic (exact) mass is 494 g/mol. The number of para-hydroxylation sites is 2. The van der Waals surface area contributed by atoms with Crippen LogP contribution in [0.4, 0.5) is 11.4 Å². The molecular formula is C25H26N4O5S. The zero-order valence-electron chi connectivity index (χ0n) is 19.6. The number of imidazole rings is 1. The Morgan fingerprint density at radius 1 is 0.943 bits per heavy atom. The third-order valence-corrected chi connectivity index (χ3v) is 7.38. The highest BCUT2D eigenvalue weighted by Crippen LogP contribution is 2.32. The van der Waals surface area contributed by atoms with Crippen molar-refractivity contribution in [2.45, 2.75) is 11.8 Å². The quantitative estimate of drug-likeness (QED) is 0.406. The van der Waals surface area contributed by atoms with Crippen LogP contribution in [0.2, 0.25) is 0 Å². The summed E-state index contributed by atoms with van der Waals surface area (Å²) in [5.74, 6) is -0.195. The molecule has 0 bridgehead atoms. The normalized spacial score (nSPS) is 11.4. The van der Waals surface area contributed by atoms with Crippen molar-refractivity contribution < 1.29 is 17.9 Å².